The van der Waals surface area contributed by atoms with Crippen LogP contribution in [0, 0.1) is 0 Å². The van der Waals surface area contributed by atoms with Crippen molar-refractivity contribution in [3.05, 3.63) is 83.7 Å². The first kappa shape index (κ1) is 26.1. The number of amides is 1. The number of nitrogens with one attached hydrogen (secondary N) is 1. The van der Waals surface area contributed by atoms with Gasteiger partial charge in [0, 0.05) is 13.0 Å². The Morgan fingerprint density at radius 3 is 2.46 bits per heavy atom. The van der Waals surface area contributed by atoms with Crippen molar-refractivity contribution in [2.45, 2.75) is 39.2 Å². The van der Waals surface area contributed by atoms with E-state index in [0.29, 0.717) is 43.5 Å². The van der Waals surface area contributed by atoms with Crippen LogP contribution in [0.1, 0.15) is 36.7 Å². The van der Waals surface area contributed by atoms with Crippen LogP contribution in [0.3, 0.4) is 0 Å². The minimum atomic E-state index is -0.0527. The van der Waals surface area contributed by atoms with Crippen molar-refractivity contribution in [1.29, 1.82) is 0 Å². The molecule has 37 heavy (non-hydrogen) atoms. The molecule has 3 aromatic carbocycles. The lowest BCUT2D eigenvalue weighted by Crippen LogP contribution is -2.28. The van der Waals surface area contributed by atoms with Crippen LogP contribution in [0.2, 0.25) is 0 Å². The fraction of sp³-hybridized carbons (Fsp3) is 0.333. The smallest absolute Gasteiger partial charge is 0.224 e. The third-order valence-electron chi connectivity index (χ3n) is 6.35. The van der Waals surface area contributed by atoms with Gasteiger partial charge in [0.2, 0.25) is 5.91 Å². The van der Waals surface area contributed by atoms with Gasteiger partial charge >= 0.3 is 0 Å². The molecule has 0 aliphatic carbocycles. The number of carbonyl (C=O) groups is 1. The van der Waals surface area contributed by atoms with E-state index in [4.69, 9.17) is 19.2 Å². The van der Waals surface area contributed by atoms with Crippen molar-refractivity contribution in [1.82, 2.24) is 14.9 Å². The molecule has 0 spiro atoms. The Labute approximate surface area is 218 Å². The van der Waals surface area contributed by atoms with E-state index in [1.165, 1.54) is 5.56 Å². The molecule has 4 aromatic rings. The summed E-state index contributed by atoms with van der Waals surface area (Å²) in [5.41, 5.74) is 4.16. The molecule has 194 valence electrons. The molecule has 7 nitrogen and oxygen atoms in total. The number of benzene rings is 3. The van der Waals surface area contributed by atoms with E-state index in [-0.39, 0.29) is 12.3 Å². The average Bonchev–Trinajstić information content (AvgIpc) is 3.26. The van der Waals surface area contributed by atoms with Crippen LogP contribution in [0.5, 0.6) is 17.2 Å². The molecule has 0 aliphatic rings. The molecule has 0 atom stereocenters. The molecular weight excluding hydrogens is 466 g/mol. The zero-order chi connectivity index (χ0) is 26.2. The largest absolute Gasteiger partial charge is 0.493 e. The first-order chi connectivity index (χ1) is 18.0. The third-order valence-corrected chi connectivity index (χ3v) is 6.35. The van der Waals surface area contributed by atoms with Gasteiger partial charge in [-0.25, -0.2) is 4.98 Å². The van der Waals surface area contributed by atoms with Crippen molar-refractivity contribution in [3.8, 4) is 17.2 Å². The quantitative estimate of drug-likeness (QED) is 0.290. The van der Waals surface area contributed by atoms with Crippen molar-refractivity contribution >= 4 is 16.9 Å². The number of aromatic nitrogens is 2. The number of hydrogen-bond donors (Lipinski definition) is 1. The van der Waals surface area contributed by atoms with Crippen molar-refractivity contribution < 1.29 is 19.0 Å². The molecule has 7 heteroatoms. The monoisotopic (exact) mass is 501 g/mol. The van der Waals surface area contributed by atoms with Crippen LogP contribution >= 0.6 is 0 Å². The van der Waals surface area contributed by atoms with Gasteiger partial charge in [0.15, 0.2) is 11.5 Å². The van der Waals surface area contributed by atoms with Gasteiger partial charge in [0.05, 0.1) is 38.2 Å². The van der Waals surface area contributed by atoms with E-state index in [1.54, 1.807) is 14.2 Å². The van der Waals surface area contributed by atoms with Gasteiger partial charge in [-0.1, -0.05) is 44.2 Å². The number of imidazole rings is 1. The Kier molecular flexibility index (Phi) is 8.67. The summed E-state index contributed by atoms with van der Waals surface area (Å²) >= 11 is 0. The molecule has 0 aliphatic heterocycles. The Morgan fingerprint density at radius 2 is 1.73 bits per heavy atom. The summed E-state index contributed by atoms with van der Waals surface area (Å²) in [6, 6.07) is 21.9. The summed E-state index contributed by atoms with van der Waals surface area (Å²) in [4.78, 5) is 17.4. The maximum Gasteiger partial charge on any atom is 0.224 e. The Bertz CT molecular complexity index is 1330. The summed E-state index contributed by atoms with van der Waals surface area (Å²) in [6.45, 7) is 6.05. The summed E-state index contributed by atoms with van der Waals surface area (Å²) in [5.74, 6) is 3.47. The molecular formula is C30H35N3O4. The zero-order valence-electron chi connectivity index (χ0n) is 22.0. The Balaban J connectivity index is 1.35. The van der Waals surface area contributed by atoms with Gasteiger partial charge in [-0.15, -0.1) is 0 Å². The summed E-state index contributed by atoms with van der Waals surface area (Å²) in [7, 11) is 3.18. The lowest BCUT2D eigenvalue weighted by Gasteiger charge is -2.12. The standard InChI is InChI=1S/C30H35N3O4/c1-21(2)23-10-12-24(13-11-23)37-18-17-33-26-8-6-5-7-25(26)32-29(33)15-16-31-30(34)20-22-9-14-27(35-3)28(19-22)36-4/h5-14,19,21H,15-18,20H2,1-4H3,(H,31,34). The highest BCUT2D eigenvalue weighted by Crippen LogP contribution is 2.27. The minimum Gasteiger partial charge on any atom is -0.493 e. The highest BCUT2D eigenvalue weighted by atomic mass is 16.5. The Hall–Kier alpha value is -4.00. The van der Waals surface area contributed by atoms with Gasteiger partial charge in [-0.3, -0.25) is 4.79 Å². The van der Waals surface area contributed by atoms with E-state index in [1.807, 2.05) is 48.5 Å². The molecule has 1 amide bonds. The van der Waals surface area contributed by atoms with Gasteiger partial charge < -0.3 is 24.1 Å². The molecule has 0 saturated heterocycles. The number of fused-ring (bicyclic) bond motifs is 1. The summed E-state index contributed by atoms with van der Waals surface area (Å²) in [6.07, 6.45) is 0.885. The lowest BCUT2D eigenvalue weighted by molar-refractivity contribution is -0.120. The van der Waals surface area contributed by atoms with Gasteiger partial charge in [0.25, 0.3) is 0 Å². The molecule has 1 N–H and O–H groups in total. The average molecular weight is 502 g/mol. The molecule has 0 saturated carbocycles. The van der Waals surface area contributed by atoms with Crippen molar-refractivity contribution in [3.63, 3.8) is 0 Å². The van der Waals surface area contributed by atoms with Gasteiger partial charge in [-0.05, 0) is 53.4 Å². The van der Waals surface area contributed by atoms with Crippen LogP contribution in [0.4, 0.5) is 0 Å². The van der Waals surface area contributed by atoms with Gasteiger partial charge in [-0.2, -0.15) is 0 Å². The number of para-hydroxylation sites is 2. The third kappa shape index (κ3) is 6.61. The second-order valence-electron chi connectivity index (χ2n) is 9.21. The predicted molar refractivity (Wildman–Crippen MR) is 146 cm³/mol. The number of carbonyl (C=O) groups excluding carboxylic acids is 1. The maximum absolute atomic E-state index is 12.6. The van der Waals surface area contributed by atoms with Crippen LogP contribution in [-0.4, -0.2) is 42.8 Å². The topological polar surface area (TPSA) is 74.6 Å². The zero-order valence-corrected chi connectivity index (χ0v) is 22.0. The van der Waals surface area contributed by atoms with Crippen molar-refractivity contribution in [2.75, 3.05) is 27.4 Å². The SMILES string of the molecule is COc1ccc(CC(=O)NCCc2nc3ccccc3n2CCOc2ccc(C(C)C)cc2)cc1OC. The summed E-state index contributed by atoms with van der Waals surface area (Å²) < 4.78 is 18.8. The van der Waals surface area contributed by atoms with E-state index in [9.17, 15) is 4.79 Å². The maximum atomic E-state index is 12.6. The number of hydrogen-bond acceptors (Lipinski definition) is 5. The van der Waals surface area contributed by atoms with Crippen molar-refractivity contribution in [2.24, 2.45) is 0 Å². The number of ether oxygens (including phenoxy) is 3. The fourth-order valence-electron chi connectivity index (χ4n) is 4.32. The number of nitrogens with zero attached hydrogens (tertiary/aromatic N) is 2. The number of methoxy groups -OCH3 is 2. The first-order valence-electron chi connectivity index (χ1n) is 12.6. The second kappa shape index (κ2) is 12.3. The summed E-state index contributed by atoms with van der Waals surface area (Å²) in [5, 5.41) is 3.02. The predicted octanol–water partition coefficient (Wildman–Crippen LogP) is 5.16. The van der Waals surface area contributed by atoms with E-state index in [2.05, 4.69) is 41.9 Å². The molecule has 0 radical (unpaired) electrons. The molecule has 0 fully saturated rings. The lowest BCUT2D eigenvalue weighted by atomic mass is 10.0. The van der Waals surface area contributed by atoms with Gasteiger partial charge in [0.1, 0.15) is 18.2 Å². The molecule has 1 aromatic heterocycles. The molecule has 0 bridgehead atoms. The van der Waals surface area contributed by atoms with E-state index in [0.717, 1.165) is 28.2 Å². The van der Waals surface area contributed by atoms with Crippen LogP contribution in [-0.2, 0) is 24.2 Å². The van der Waals surface area contributed by atoms with Crippen LogP contribution in [0.15, 0.2) is 66.7 Å². The van der Waals surface area contributed by atoms with Crippen LogP contribution in [0.25, 0.3) is 11.0 Å². The normalized spacial score (nSPS) is 11.1. The molecule has 4 rings (SSSR count). The Morgan fingerprint density at radius 1 is 0.973 bits per heavy atom. The molecule has 0 unspecified atom stereocenters. The number of rotatable bonds is 12. The molecule has 1 heterocycles. The highest BCUT2D eigenvalue weighted by molar-refractivity contribution is 5.79. The first-order valence-corrected chi connectivity index (χ1v) is 12.6. The van der Waals surface area contributed by atoms with Crippen LogP contribution < -0.4 is 19.5 Å². The van der Waals surface area contributed by atoms with E-state index < -0.39 is 0 Å². The minimum absolute atomic E-state index is 0.0527. The van der Waals surface area contributed by atoms with E-state index >= 15 is 0 Å². The highest BCUT2D eigenvalue weighted by Gasteiger charge is 2.12. The fourth-order valence-corrected chi connectivity index (χ4v) is 4.32. The second-order valence-corrected chi connectivity index (χ2v) is 9.21.